The van der Waals surface area contributed by atoms with Crippen molar-refractivity contribution in [3.8, 4) is 0 Å². The standard InChI is InChI=1S/C10H11FO3S/c11-8-1-7(4-12)2-10(3-8)15-6-9(14)5-13/h1-4,9,13-14H,5-6H2. The van der Waals surface area contributed by atoms with Gasteiger partial charge in [-0.05, 0) is 18.2 Å². The highest BCUT2D eigenvalue weighted by atomic mass is 32.2. The molecule has 3 nitrogen and oxygen atoms in total. The molecular formula is C10H11FO3S. The van der Waals surface area contributed by atoms with Gasteiger partial charge in [0.25, 0.3) is 0 Å². The van der Waals surface area contributed by atoms with Crippen LogP contribution in [0, 0.1) is 5.82 Å². The van der Waals surface area contributed by atoms with Gasteiger partial charge < -0.3 is 10.2 Å². The second-order valence-corrected chi connectivity index (χ2v) is 4.08. The van der Waals surface area contributed by atoms with Crippen molar-refractivity contribution in [1.82, 2.24) is 0 Å². The van der Waals surface area contributed by atoms with Gasteiger partial charge in [-0.2, -0.15) is 0 Å². The van der Waals surface area contributed by atoms with Crippen molar-refractivity contribution in [2.75, 3.05) is 12.4 Å². The SMILES string of the molecule is O=Cc1cc(F)cc(SCC(O)CO)c1. The smallest absolute Gasteiger partial charge is 0.150 e. The molecule has 1 aromatic carbocycles. The average Bonchev–Trinajstić information content (AvgIpc) is 2.25. The van der Waals surface area contributed by atoms with Crippen molar-refractivity contribution < 1.29 is 19.4 Å². The molecule has 2 N–H and O–H groups in total. The number of carbonyl (C=O) groups is 1. The highest BCUT2D eigenvalue weighted by Gasteiger charge is 2.05. The van der Waals surface area contributed by atoms with Crippen molar-refractivity contribution in [1.29, 1.82) is 0 Å². The van der Waals surface area contributed by atoms with Crippen LogP contribution in [-0.4, -0.2) is 35.0 Å². The second-order valence-electron chi connectivity index (χ2n) is 2.99. The minimum Gasteiger partial charge on any atom is -0.394 e. The Hall–Kier alpha value is -0.910. The minimum absolute atomic E-state index is 0.260. The summed E-state index contributed by atoms with van der Waals surface area (Å²) in [6, 6.07) is 3.95. The summed E-state index contributed by atoms with van der Waals surface area (Å²) in [5.74, 6) is -0.223. The van der Waals surface area contributed by atoms with Crippen molar-refractivity contribution in [2.45, 2.75) is 11.0 Å². The average molecular weight is 230 g/mol. The molecule has 82 valence electrons. The fourth-order valence-electron chi connectivity index (χ4n) is 0.981. The number of hydrogen-bond acceptors (Lipinski definition) is 4. The summed E-state index contributed by atoms with van der Waals surface area (Å²) < 4.78 is 12.9. The molecule has 0 saturated heterocycles. The van der Waals surface area contributed by atoms with Crippen LogP contribution in [0.3, 0.4) is 0 Å². The summed E-state index contributed by atoms with van der Waals surface area (Å²) >= 11 is 1.19. The van der Waals surface area contributed by atoms with Gasteiger partial charge in [-0.15, -0.1) is 11.8 Å². The third-order valence-corrected chi connectivity index (χ3v) is 2.80. The van der Waals surface area contributed by atoms with E-state index in [4.69, 9.17) is 10.2 Å². The molecule has 0 saturated carbocycles. The van der Waals surface area contributed by atoms with Gasteiger partial charge in [-0.1, -0.05) is 0 Å². The zero-order valence-electron chi connectivity index (χ0n) is 7.89. The largest absolute Gasteiger partial charge is 0.394 e. The first kappa shape index (κ1) is 12.2. The topological polar surface area (TPSA) is 57.5 Å². The first-order valence-electron chi connectivity index (χ1n) is 4.33. The zero-order chi connectivity index (χ0) is 11.3. The molecule has 0 spiro atoms. The maximum Gasteiger partial charge on any atom is 0.150 e. The van der Waals surface area contributed by atoms with E-state index in [9.17, 15) is 9.18 Å². The molecule has 0 aromatic heterocycles. The van der Waals surface area contributed by atoms with E-state index in [2.05, 4.69) is 0 Å². The van der Waals surface area contributed by atoms with Crippen molar-refractivity contribution in [3.05, 3.63) is 29.6 Å². The molecule has 0 aliphatic carbocycles. The lowest BCUT2D eigenvalue weighted by Crippen LogP contribution is -2.14. The van der Waals surface area contributed by atoms with Crippen LogP contribution in [-0.2, 0) is 0 Å². The summed E-state index contributed by atoms with van der Waals surface area (Å²) in [4.78, 5) is 11.0. The van der Waals surface area contributed by atoms with Gasteiger partial charge in [0.05, 0.1) is 12.7 Å². The molecule has 0 radical (unpaired) electrons. The van der Waals surface area contributed by atoms with E-state index in [-0.39, 0.29) is 17.9 Å². The lowest BCUT2D eigenvalue weighted by atomic mass is 10.2. The van der Waals surface area contributed by atoms with Crippen LogP contribution in [0.15, 0.2) is 23.1 Å². The van der Waals surface area contributed by atoms with Gasteiger partial charge >= 0.3 is 0 Å². The van der Waals surface area contributed by atoms with Crippen molar-refractivity contribution in [2.24, 2.45) is 0 Å². The quantitative estimate of drug-likeness (QED) is 0.587. The number of carbonyl (C=O) groups excluding carboxylic acids is 1. The van der Waals surface area contributed by atoms with Crippen molar-refractivity contribution in [3.63, 3.8) is 0 Å². The summed E-state index contributed by atoms with van der Waals surface area (Å²) in [5.41, 5.74) is 0.260. The van der Waals surface area contributed by atoms with Crippen LogP contribution < -0.4 is 0 Å². The molecule has 0 aliphatic heterocycles. The number of hydrogen-bond donors (Lipinski definition) is 2. The summed E-state index contributed by atoms with van der Waals surface area (Å²) in [6.07, 6.45) is -0.270. The van der Waals surface area contributed by atoms with Crippen LogP contribution in [0.2, 0.25) is 0 Å². The Kier molecular flexibility index (Phi) is 4.74. The van der Waals surface area contributed by atoms with E-state index in [1.807, 2.05) is 0 Å². The Morgan fingerprint density at radius 1 is 1.47 bits per heavy atom. The van der Waals surface area contributed by atoms with Crippen LogP contribution >= 0.6 is 11.8 Å². The monoisotopic (exact) mass is 230 g/mol. The molecule has 0 amide bonds. The maximum absolute atomic E-state index is 12.9. The van der Waals surface area contributed by atoms with Crippen LogP contribution in [0.1, 0.15) is 10.4 Å². The van der Waals surface area contributed by atoms with Crippen molar-refractivity contribution >= 4 is 18.0 Å². The summed E-state index contributed by atoms with van der Waals surface area (Å²) in [6.45, 7) is -0.331. The van der Waals surface area contributed by atoms with E-state index in [0.29, 0.717) is 11.2 Å². The predicted octanol–water partition coefficient (Wildman–Crippen LogP) is 1.08. The molecule has 15 heavy (non-hydrogen) atoms. The van der Waals surface area contributed by atoms with Gasteiger partial charge in [-0.3, -0.25) is 4.79 Å². The third-order valence-electron chi connectivity index (χ3n) is 1.68. The van der Waals surface area contributed by atoms with Gasteiger partial charge in [0.1, 0.15) is 12.1 Å². The highest BCUT2D eigenvalue weighted by molar-refractivity contribution is 7.99. The normalized spacial score (nSPS) is 12.5. The molecular weight excluding hydrogens is 219 g/mol. The molecule has 5 heteroatoms. The highest BCUT2D eigenvalue weighted by Crippen LogP contribution is 2.21. The fraction of sp³-hybridized carbons (Fsp3) is 0.300. The van der Waals surface area contributed by atoms with E-state index < -0.39 is 11.9 Å². The van der Waals surface area contributed by atoms with E-state index in [1.165, 1.54) is 23.9 Å². The number of aliphatic hydroxyl groups excluding tert-OH is 2. The van der Waals surface area contributed by atoms with E-state index in [0.717, 1.165) is 6.07 Å². The zero-order valence-corrected chi connectivity index (χ0v) is 8.71. The molecule has 0 aliphatic rings. The first-order valence-corrected chi connectivity index (χ1v) is 5.31. The molecule has 1 aromatic rings. The van der Waals surface area contributed by atoms with Crippen LogP contribution in [0.25, 0.3) is 0 Å². The number of aliphatic hydroxyl groups is 2. The minimum atomic E-state index is -0.835. The Bertz CT molecular complexity index is 343. The molecule has 1 rings (SSSR count). The third kappa shape index (κ3) is 3.99. The number of benzene rings is 1. The van der Waals surface area contributed by atoms with Gasteiger partial charge in [0, 0.05) is 16.2 Å². The Balaban J connectivity index is 2.68. The Morgan fingerprint density at radius 3 is 2.80 bits per heavy atom. The Labute approximate surface area is 90.9 Å². The molecule has 0 heterocycles. The molecule has 1 unspecified atom stereocenters. The molecule has 0 bridgehead atoms. The Morgan fingerprint density at radius 2 is 2.20 bits per heavy atom. The predicted molar refractivity (Wildman–Crippen MR) is 55.6 cm³/mol. The molecule has 0 fully saturated rings. The van der Waals surface area contributed by atoms with Crippen LogP contribution in [0.4, 0.5) is 4.39 Å². The second kappa shape index (κ2) is 5.85. The van der Waals surface area contributed by atoms with E-state index >= 15 is 0 Å². The van der Waals surface area contributed by atoms with Gasteiger partial charge in [0.2, 0.25) is 0 Å². The van der Waals surface area contributed by atoms with Gasteiger partial charge in [-0.25, -0.2) is 4.39 Å². The summed E-state index contributed by atoms with van der Waals surface area (Å²) in [7, 11) is 0. The maximum atomic E-state index is 12.9. The lowest BCUT2D eigenvalue weighted by Gasteiger charge is -2.06. The fourth-order valence-corrected chi connectivity index (χ4v) is 1.89. The number of aldehydes is 1. The molecule has 1 atom stereocenters. The van der Waals surface area contributed by atoms with Crippen LogP contribution in [0.5, 0.6) is 0 Å². The first-order chi connectivity index (χ1) is 7.15. The number of thioether (sulfide) groups is 1. The lowest BCUT2D eigenvalue weighted by molar-refractivity contribution is 0.112. The number of rotatable bonds is 5. The van der Waals surface area contributed by atoms with E-state index in [1.54, 1.807) is 0 Å². The number of halogens is 1. The summed E-state index contributed by atoms with van der Waals surface area (Å²) in [5, 5.41) is 17.7. The van der Waals surface area contributed by atoms with Gasteiger partial charge in [0.15, 0.2) is 0 Å².